The summed E-state index contributed by atoms with van der Waals surface area (Å²) in [5.41, 5.74) is 1.38. The molecule has 0 saturated heterocycles. The third-order valence-electron chi connectivity index (χ3n) is 3.94. The number of benzene rings is 2. The number of likely N-dealkylation sites (N-methyl/N-ethyl adjacent to an activating group) is 1. The lowest BCUT2D eigenvalue weighted by atomic mass is 10.0. The smallest absolute Gasteiger partial charge is 0.251 e. The predicted molar refractivity (Wildman–Crippen MR) is 92.3 cm³/mol. The van der Waals surface area contributed by atoms with Crippen LogP contribution in [0.5, 0.6) is 0 Å². The Labute approximate surface area is 146 Å². The lowest BCUT2D eigenvalue weighted by molar-refractivity contribution is 0.0940. The van der Waals surface area contributed by atoms with E-state index in [1.165, 1.54) is 18.2 Å². The summed E-state index contributed by atoms with van der Waals surface area (Å²) < 4.78 is 33.1. The first-order chi connectivity index (χ1) is 11.9. The maximum absolute atomic E-state index is 14.0. The third kappa shape index (κ3) is 4.84. The molecule has 1 amide bonds. The molecule has 2 aromatic carbocycles. The van der Waals surface area contributed by atoms with E-state index in [0.29, 0.717) is 12.2 Å². The van der Waals surface area contributed by atoms with Gasteiger partial charge < -0.3 is 15.0 Å². The zero-order chi connectivity index (χ0) is 18.4. The van der Waals surface area contributed by atoms with E-state index in [1.54, 1.807) is 50.4 Å². The standard InChI is InChI=1S/C19H22F2N2O2/c1-23(2)17(18-15(20)5-4-6-16(18)21)11-22-19(24)14-9-7-13(8-10-14)12-25-3/h4-10,17H,11-12H2,1-3H3,(H,22,24). The minimum absolute atomic E-state index is 0.0526. The molecule has 2 aromatic rings. The van der Waals surface area contributed by atoms with Crippen molar-refractivity contribution in [2.24, 2.45) is 0 Å². The van der Waals surface area contributed by atoms with Crippen molar-refractivity contribution in [3.05, 3.63) is 70.8 Å². The van der Waals surface area contributed by atoms with Crippen LogP contribution < -0.4 is 5.32 Å². The van der Waals surface area contributed by atoms with Gasteiger partial charge in [-0.1, -0.05) is 18.2 Å². The first-order valence-electron chi connectivity index (χ1n) is 7.90. The summed E-state index contributed by atoms with van der Waals surface area (Å²) in [6, 6.07) is 10.1. The van der Waals surface area contributed by atoms with E-state index in [0.717, 1.165) is 5.56 Å². The first kappa shape index (κ1) is 19.0. The van der Waals surface area contributed by atoms with Gasteiger partial charge in [-0.05, 0) is 43.9 Å². The average Bonchev–Trinajstić information content (AvgIpc) is 2.58. The number of halogens is 2. The fourth-order valence-corrected chi connectivity index (χ4v) is 2.58. The maximum atomic E-state index is 14.0. The molecule has 25 heavy (non-hydrogen) atoms. The van der Waals surface area contributed by atoms with Crippen LogP contribution in [0.15, 0.2) is 42.5 Å². The number of nitrogens with zero attached hydrogens (tertiary/aromatic N) is 1. The predicted octanol–water partition coefficient (Wildman–Crippen LogP) is 3.14. The topological polar surface area (TPSA) is 41.6 Å². The van der Waals surface area contributed by atoms with E-state index in [9.17, 15) is 13.6 Å². The van der Waals surface area contributed by atoms with Crippen molar-refractivity contribution in [2.45, 2.75) is 12.6 Å². The van der Waals surface area contributed by atoms with Gasteiger partial charge in [0.25, 0.3) is 5.91 Å². The second-order valence-corrected chi connectivity index (χ2v) is 5.95. The van der Waals surface area contributed by atoms with Crippen molar-refractivity contribution in [3.63, 3.8) is 0 Å². The number of carbonyl (C=O) groups excluding carboxylic acids is 1. The first-order valence-corrected chi connectivity index (χ1v) is 7.90. The van der Waals surface area contributed by atoms with Crippen LogP contribution >= 0.6 is 0 Å². The Morgan fingerprint density at radius 3 is 2.24 bits per heavy atom. The molecule has 0 aliphatic heterocycles. The highest BCUT2D eigenvalue weighted by molar-refractivity contribution is 5.94. The third-order valence-corrected chi connectivity index (χ3v) is 3.94. The molecule has 1 unspecified atom stereocenters. The summed E-state index contributed by atoms with van der Waals surface area (Å²) in [6.45, 7) is 0.556. The molecule has 0 fully saturated rings. The van der Waals surface area contributed by atoms with Crippen molar-refractivity contribution >= 4 is 5.91 Å². The molecule has 0 saturated carbocycles. The highest BCUT2D eigenvalue weighted by Gasteiger charge is 2.22. The normalized spacial score (nSPS) is 12.2. The van der Waals surface area contributed by atoms with Gasteiger partial charge in [-0.3, -0.25) is 4.79 Å². The Balaban J connectivity index is 2.09. The Morgan fingerprint density at radius 1 is 1.12 bits per heavy atom. The van der Waals surface area contributed by atoms with Crippen molar-refractivity contribution in [1.82, 2.24) is 10.2 Å². The Morgan fingerprint density at radius 2 is 1.72 bits per heavy atom. The lowest BCUT2D eigenvalue weighted by Crippen LogP contribution is -2.35. The summed E-state index contributed by atoms with van der Waals surface area (Å²) in [7, 11) is 5.02. The van der Waals surface area contributed by atoms with E-state index in [2.05, 4.69) is 5.32 Å². The molecule has 1 N–H and O–H groups in total. The van der Waals surface area contributed by atoms with Gasteiger partial charge in [0.15, 0.2) is 0 Å². The van der Waals surface area contributed by atoms with Gasteiger partial charge in [-0.2, -0.15) is 0 Å². The van der Waals surface area contributed by atoms with Gasteiger partial charge in [0.05, 0.1) is 12.6 Å². The van der Waals surface area contributed by atoms with Crippen LogP contribution in [0.2, 0.25) is 0 Å². The van der Waals surface area contributed by atoms with Crippen molar-refractivity contribution in [2.75, 3.05) is 27.7 Å². The highest BCUT2D eigenvalue weighted by Crippen LogP contribution is 2.24. The SMILES string of the molecule is COCc1ccc(C(=O)NCC(c2c(F)cccc2F)N(C)C)cc1. The number of hydrogen-bond acceptors (Lipinski definition) is 3. The van der Waals surface area contributed by atoms with Gasteiger partial charge in [0.2, 0.25) is 0 Å². The molecule has 2 rings (SSSR count). The van der Waals surface area contributed by atoms with E-state index < -0.39 is 17.7 Å². The number of amides is 1. The maximum Gasteiger partial charge on any atom is 0.251 e. The van der Waals surface area contributed by atoms with Gasteiger partial charge in [0.1, 0.15) is 11.6 Å². The molecule has 0 heterocycles. The second-order valence-electron chi connectivity index (χ2n) is 5.95. The largest absolute Gasteiger partial charge is 0.380 e. The summed E-state index contributed by atoms with van der Waals surface area (Å²) >= 11 is 0. The average molecular weight is 348 g/mol. The minimum atomic E-state index is -0.628. The molecule has 0 bridgehead atoms. The van der Waals surface area contributed by atoms with Crippen LogP contribution in [-0.2, 0) is 11.3 Å². The Kier molecular flexibility index (Phi) is 6.61. The molecule has 134 valence electrons. The van der Waals surface area contributed by atoms with Gasteiger partial charge in [-0.15, -0.1) is 0 Å². The molecule has 0 aromatic heterocycles. The Hall–Kier alpha value is -2.31. The van der Waals surface area contributed by atoms with Crippen LogP contribution in [0.1, 0.15) is 27.5 Å². The molecule has 0 aliphatic carbocycles. The van der Waals surface area contributed by atoms with Crippen LogP contribution in [0.3, 0.4) is 0 Å². The lowest BCUT2D eigenvalue weighted by Gasteiger charge is -2.25. The zero-order valence-electron chi connectivity index (χ0n) is 14.6. The van der Waals surface area contributed by atoms with Crippen molar-refractivity contribution < 1.29 is 18.3 Å². The monoisotopic (exact) mass is 348 g/mol. The van der Waals surface area contributed by atoms with E-state index in [4.69, 9.17) is 4.74 Å². The quantitative estimate of drug-likeness (QED) is 0.836. The minimum Gasteiger partial charge on any atom is -0.380 e. The number of methoxy groups -OCH3 is 1. The summed E-state index contributed by atoms with van der Waals surface area (Å²) in [5, 5.41) is 2.74. The van der Waals surface area contributed by atoms with Crippen LogP contribution in [0.25, 0.3) is 0 Å². The van der Waals surface area contributed by atoms with Gasteiger partial charge >= 0.3 is 0 Å². The van der Waals surface area contributed by atoms with Crippen LogP contribution in [0.4, 0.5) is 8.78 Å². The number of rotatable bonds is 7. The molecule has 4 nitrogen and oxygen atoms in total. The van der Waals surface area contributed by atoms with E-state index in [1.807, 2.05) is 0 Å². The second kappa shape index (κ2) is 8.69. The number of nitrogens with one attached hydrogen (secondary N) is 1. The van der Waals surface area contributed by atoms with Gasteiger partial charge in [-0.25, -0.2) is 8.78 Å². The molecule has 0 aliphatic rings. The van der Waals surface area contributed by atoms with E-state index >= 15 is 0 Å². The van der Waals surface area contributed by atoms with Crippen LogP contribution in [0, 0.1) is 11.6 Å². The molecular formula is C19H22F2N2O2. The number of hydrogen-bond donors (Lipinski definition) is 1. The molecule has 1 atom stereocenters. The van der Waals surface area contributed by atoms with E-state index in [-0.39, 0.29) is 18.0 Å². The molecular weight excluding hydrogens is 326 g/mol. The summed E-state index contributed by atoms with van der Waals surface area (Å²) in [5.74, 6) is -1.55. The zero-order valence-corrected chi connectivity index (χ0v) is 14.6. The molecule has 6 heteroatoms. The number of carbonyl (C=O) groups is 1. The summed E-state index contributed by atoms with van der Waals surface area (Å²) in [6.07, 6.45) is 0. The summed E-state index contributed by atoms with van der Waals surface area (Å²) in [4.78, 5) is 14.0. The van der Waals surface area contributed by atoms with Crippen molar-refractivity contribution in [1.29, 1.82) is 0 Å². The highest BCUT2D eigenvalue weighted by atomic mass is 19.1. The Bertz CT molecular complexity index is 698. The van der Waals surface area contributed by atoms with Crippen molar-refractivity contribution in [3.8, 4) is 0 Å². The molecule has 0 radical (unpaired) electrons. The van der Waals surface area contributed by atoms with Gasteiger partial charge in [0, 0.05) is 24.8 Å². The number of ether oxygens (including phenoxy) is 1. The fraction of sp³-hybridized carbons (Fsp3) is 0.316. The fourth-order valence-electron chi connectivity index (χ4n) is 2.58. The molecule has 0 spiro atoms. The van der Waals surface area contributed by atoms with Crippen LogP contribution in [-0.4, -0.2) is 38.6 Å².